The van der Waals surface area contributed by atoms with Crippen molar-refractivity contribution in [1.29, 1.82) is 0 Å². The van der Waals surface area contributed by atoms with Crippen LogP contribution in [0.25, 0.3) is 0 Å². The SMILES string of the molecule is CCCC(O)CNCc1cc(OC)c(O)c(OC)c1. The molecule has 0 aliphatic heterocycles. The number of phenolic OH excluding ortho intramolecular Hbond substituents is 1. The molecule has 1 unspecified atom stereocenters. The second-order valence-electron chi connectivity index (χ2n) is 4.42. The topological polar surface area (TPSA) is 71.0 Å². The van der Waals surface area contributed by atoms with E-state index in [-0.39, 0.29) is 11.9 Å². The molecule has 19 heavy (non-hydrogen) atoms. The molecule has 1 rings (SSSR count). The molecular weight excluding hydrogens is 246 g/mol. The Morgan fingerprint density at radius 1 is 1.21 bits per heavy atom. The van der Waals surface area contributed by atoms with Gasteiger partial charge in [0.2, 0.25) is 5.75 Å². The van der Waals surface area contributed by atoms with Gasteiger partial charge < -0.3 is 25.0 Å². The normalized spacial score (nSPS) is 12.2. The first-order chi connectivity index (χ1) is 9.12. The molecule has 0 spiro atoms. The van der Waals surface area contributed by atoms with Crippen LogP contribution in [0.4, 0.5) is 0 Å². The van der Waals surface area contributed by atoms with Crippen LogP contribution in [-0.4, -0.2) is 37.1 Å². The Bertz CT molecular complexity index is 370. The molecule has 0 radical (unpaired) electrons. The maximum absolute atomic E-state index is 9.79. The molecule has 1 aromatic carbocycles. The van der Waals surface area contributed by atoms with E-state index in [2.05, 4.69) is 5.32 Å². The molecule has 1 atom stereocenters. The molecule has 0 amide bonds. The fraction of sp³-hybridized carbons (Fsp3) is 0.571. The van der Waals surface area contributed by atoms with Crippen molar-refractivity contribution in [3.63, 3.8) is 0 Å². The zero-order chi connectivity index (χ0) is 14.3. The summed E-state index contributed by atoms with van der Waals surface area (Å²) < 4.78 is 10.2. The van der Waals surface area contributed by atoms with Crippen LogP contribution in [0.1, 0.15) is 25.3 Å². The molecule has 1 aromatic rings. The predicted molar refractivity (Wildman–Crippen MR) is 73.8 cm³/mol. The lowest BCUT2D eigenvalue weighted by Crippen LogP contribution is -2.26. The predicted octanol–water partition coefficient (Wildman–Crippen LogP) is 1.66. The number of hydrogen-bond donors (Lipinski definition) is 3. The average Bonchev–Trinajstić information content (AvgIpc) is 2.40. The number of methoxy groups -OCH3 is 2. The number of aromatic hydroxyl groups is 1. The zero-order valence-electron chi connectivity index (χ0n) is 11.8. The highest BCUT2D eigenvalue weighted by Gasteiger charge is 2.11. The lowest BCUT2D eigenvalue weighted by Gasteiger charge is -2.13. The van der Waals surface area contributed by atoms with Crippen LogP contribution in [0.3, 0.4) is 0 Å². The number of nitrogens with one attached hydrogen (secondary N) is 1. The molecule has 0 bridgehead atoms. The first-order valence-electron chi connectivity index (χ1n) is 6.45. The molecular formula is C14H23NO4. The summed E-state index contributed by atoms with van der Waals surface area (Å²) >= 11 is 0. The molecule has 0 heterocycles. The first-order valence-corrected chi connectivity index (χ1v) is 6.45. The summed E-state index contributed by atoms with van der Waals surface area (Å²) in [6.45, 7) is 3.16. The molecule has 5 nitrogen and oxygen atoms in total. The number of aliphatic hydroxyl groups excluding tert-OH is 1. The highest BCUT2D eigenvalue weighted by molar-refractivity contribution is 5.52. The average molecular weight is 269 g/mol. The van der Waals surface area contributed by atoms with Gasteiger partial charge in [-0.05, 0) is 24.1 Å². The number of hydrogen-bond acceptors (Lipinski definition) is 5. The maximum Gasteiger partial charge on any atom is 0.200 e. The maximum atomic E-state index is 9.79. The lowest BCUT2D eigenvalue weighted by atomic mass is 10.1. The third-order valence-electron chi connectivity index (χ3n) is 2.87. The van der Waals surface area contributed by atoms with Crippen LogP contribution >= 0.6 is 0 Å². The van der Waals surface area contributed by atoms with Gasteiger partial charge in [-0.25, -0.2) is 0 Å². The highest BCUT2D eigenvalue weighted by atomic mass is 16.5. The number of aliphatic hydroxyl groups is 1. The minimum atomic E-state index is -0.328. The number of rotatable bonds is 8. The van der Waals surface area contributed by atoms with E-state index < -0.39 is 0 Å². The van der Waals surface area contributed by atoms with Crippen molar-refractivity contribution in [1.82, 2.24) is 5.32 Å². The van der Waals surface area contributed by atoms with Crippen LogP contribution in [-0.2, 0) is 6.54 Å². The second kappa shape index (κ2) is 7.86. The second-order valence-corrected chi connectivity index (χ2v) is 4.42. The van der Waals surface area contributed by atoms with Crippen LogP contribution in [0.5, 0.6) is 17.2 Å². The standard InChI is InChI=1S/C14H23NO4/c1-4-5-11(16)9-15-8-10-6-12(18-2)14(17)13(7-10)19-3/h6-7,11,15-17H,4-5,8-9H2,1-3H3. The van der Waals surface area contributed by atoms with Crippen LogP contribution < -0.4 is 14.8 Å². The van der Waals surface area contributed by atoms with Gasteiger partial charge in [0.15, 0.2) is 11.5 Å². The van der Waals surface area contributed by atoms with Gasteiger partial charge in [-0.3, -0.25) is 0 Å². The zero-order valence-corrected chi connectivity index (χ0v) is 11.8. The Labute approximate surface area is 114 Å². The molecule has 0 saturated heterocycles. The smallest absolute Gasteiger partial charge is 0.200 e. The highest BCUT2D eigenvalue weighted by Crippen LogP contribution is 2.36. The Balaban J connectivity index is 2.63. The molecule has 0 fully saturated rings. The van der Waals surface area contributed by atoms with Crippen molar-refractivity contribution in [3.05, 3.63) is 17.7 Å². The van der Waals surface area contributed by atoms with E-state index >= 15 is 0 Å². The molecule has 3 N–H and O–H groups in total. The summed E-state index contributed by atoms with van der Waals surface area (Å²) in [4.78, 5) is 0. The van der Waals surface area contributed by atoms with Crippen LogP contribution in [0.15, 0.2) is 12.1 Å². The number of phenols is 1. The van der Waals surface area contributed by atoms with E-state index in [9.17, 15) is 10.2 Å². The summed E-state index contributed by atoms with van der Waals surface area (Å²) in [5.74, 6) is 0.760. The minimum Gasteiger partial charge on any atom is -0.502 e. The summed E-state index contributed by atoms with van der Waals surface area (Å²) in [5.41, 5.74) is 0.926. The van der Waals surface area contributed by atoms with Crippen LogP contribution in [0.2, 0.25) is 0 Å². The third-order valence-corrected chi connectivity index (χ3v) is 2.87. The summed E-state index contributed by atoms with van der Waals surface area (Å²) in [6, 6.07) is 3.49. The van der Waals surface area contributed by atoms with Crippen LogP contribution in [0, 0.1) is 0 Å². The largest absolute Gasteiger partial charge is 0.502 e. The van der Waals surface area contributed by atoms with E-state index in [1.165, 1.54) is 14.2 Å². The van der Waals surface area contributed by atoms with Gasteiger partial charge in [-0.1, -0.05) is 13.3 Å². The Kier molecular flexibility index (Phi) is 6.45. The molecule has 5 heteroatoms. The van der Waals surface area contributed by atoms with Crippen molar-refractivity contribution in [3.8, 4) is 17.2 Å². The van der Waals surface area contributed by atoms with Crippen molar-refractivity contribution in [2.75, 3.05) is 20.8 Å². The van der Waals surface area contributed by atoms with Gasteiger partial charge in [-0.15, -0.1) is 0 Å². The van der Waals surface area contributed by atoms with Gasteiger partial charge in [-0.2, -0.15) is 0 Å². The summed E-state index contributed by atoms with van der Waals surface area (Å²) in [6.07, 6.45) is 1.42. The molecule has 108 valence electrons. The van der Waals surface area contributed by atoms with Gasteiger partial charge in [0.05, 0.1) is 20.3 Å². The molecule has 0 aliphatic rings. The molecule has 0 aromatic heterocycles. The van der Waals surface area contributed by atoms with Gasteiger partial charge >= 0.3 is 0 Å². The monoisotopic (exact) mass is 269 g/mol. The third kappa shape index (κ3) is 4.61. The number of ether oxygens (including phenoxy) is 2. The van der Waals surface area contributed by atoms with Crippen molar-refractivity contribution in [2.45, 2.75) is 32.4 Å². The molecule has 0 aliphatic carbocycles. The molecule has 0 saturated carbocycles. The first kappa shape index (κ1) is 15.6. The quantitative estimate of drug-likeness (QED) is 0.669. The summed E-state index contributed by atoms with van der Waals surface area (Å²) in [7, 11) is 2.99. The van der Waals surface area contributed by atoms with Crippen molar-refractivity contribution in [2.24, 2.45) is 0 Å². The summed E-state index contributed by atoms with van der Waals surface area (Å²) in [5, 5.41) is 22.6. The minimum absolute atomic E-state index is 0.000215. The Morgan fingerprint density at radius 2 is 1.79 bits per heavy atom. The van der Waals surface area contributed by atoms with E-state index in [0.717, 1.165) is 18.4 Å². The van der Waals surface area contributed by atoms with E-state index in [4.69, 9.17) is 9.47 Å². The van der Waals surface area contributed by atoms with Crippen molar-refractivity contribution >= 4 is 0 Å². The Hall–Kier alpha value is -1.46. The lowest BCUT2D eigenvalue weighted by molar-refractivity contribution is 0.160. The number of benzene rings is 1. The van der Waals surface area contributed by atoms with E-state index in [0.29, 0.717) is 24.6 Å². The van der Waals surface area contributed by atoms with Gasteiger partial charge in [0.1, 0.15) is 0 Å². The fourth-order valence-electron chi connectivity index (χ4n) is 1.87. The van der Waals surface area contributed by atoms with Gasteiger partial charge in [0.25, 0.3) is 0 Å². The fourth-order valence-corrected chi connectivity index (χ4v) is 1.87. The van der Waals surface area contributed by atoms with Gasteiger partial charge in [0, 0.05) is 13.1 Å². The van der Waals surface area contributed by atoms with E-state index in [1.54, 1.807) is 12.1 Å². The van der Waals surface area contributed by atoms with Crippen molar-refractivity contribution < 1.29 is 19.7 Å². The van der Waals surface area contributed by atoms with E-state index in [1.807, 2.05) is 6.92 Å². The Morgan fingerprint density at radius 3 is 2.26 bits per heavy atom.